The number of hydrogen-bond acceptors (Lipinski definition) is 10. The first-order chi connectivity index (χ1) is 21.0. The molecule has 4 aromatic rings. The molecule has 4 N–H and O–H groups in total. The zero-order valence-electron chi connectivity index (χ0n) is 23.4. The molecule has 0 aliphatic carbocycles. The van der Waals surface area contributed by atoms with Crippen LogP contribution in [0.15, 0.2) is 83.9 Å². The number of nitrogens with two attached hydrogens (primary N) is 1. The van der Waals surface area contributed by atoms with E-state index in [4.69, 9.17) is 10.5 Å². The molecule has 10 nitrogen and oxygen atoms in total. The van der Waals surface area contributed by atoms with E-state index in [2.05, 4.69) is 30.5 Å². The van der Waals surface area contributed by atoms with E-state index in [1.165, 1.54) is 0 Å². The van der Waals surface area contributed by atoms with Gasteiger partial charge in [0.1, 0.15) is 17.3 Å². The molecule has 4 heterocycles. The number of rotatable bonds is 9. The maximum absolute atomic E-state index is 11.9. The molecule has 0 spiro atoms. The summed E-state index contributed by atoms with van der Waals surface area (Å²) >= 11 is 0.882. The van der Waals surface area contributed by atoms with Gasteiger partial charge in [-0.1, -0.05) is 24.3 Å². The highest BCUT2D eigenvalue weighted by molar-refractivity contribution is 8.18. The normalized spacial score (nSPS) is 16.5. The molecule has 0 radical (unpaired) electrons. The topological polar surface area (TPSA) is 135 Å². The monoisotopic (exact) mass is 593 g/mol. The Morgan fingerprint density at radius 1 is 0.977 bits per heavy atom. The molecule has 43 heavy (non-hydrogen) atoms. The minimum Gasteiger partial charge on any atom is -0.457 e. The lowest BCUT2D eigenvalue weighted by atomic mass is 9.96. The molecule has 2 aliphatic rings. The predicted molar refractivity (Wildman–Crippen MR) is 168 cm³/mol. The highest BCUT2D eigenvalue weighted by atomic mass is 32.2. The molecule has 2 aromatic carbocycles. The highest BCUT2D eigenvalue weighted by Crippen LogP contribution is 2.29. The fourth-order valence-corrected chi connectivity index (χ4v) is 5.77. The van der Waals surface area contributed by atoms with E-state index < -0.39 is 5.91 Å². The van der Waals surface area contributed by atoms with Crippen molar-refractivity contribution < 1.29 is 14.3 Å². The van der Waals surface area contributed by atoms with Gasteiger partial charge in [0.15, 0.2) is 0 Å². The molecule has 218 valence electrons. The van der Waals surface area contributed by atoms with E-state index in [1.807, 2.05) is 66.7 Å². The number of anilines is 2. The van der Waals surface area contributed by atoms with Crippen LogP contribution in [0.3, 0.4) is 0 Å². The number of nitrogen functional groups attached to an aromatic ring is 1. The Hall–Kier alpha value is -4.74. The zero-order chi connectivity index (χ0) is 29.6. The van der Waals surface area contributed by atoms with E-state index in [0.717, 1.165) is 72.6 Å². The molecule has 0 bridgehead atoms. The SMILES string of the molecule is Nc1ccc(CNCC2CCN(c3nccc(/C=C4\SC(=O)NC4=O)n3)CC2)c(-c2ccc(Oc3ccccc3)cc2)n1. The number of aromatic nitrogens is 3. The standard InChI is InChI=1S/C32H31N7O3S/c33-28-11-8-23(29(37-28)22-6-9-26(10-7-22)42-25-4-2-1-3-5-25)20-34-19-21-13-16-39(17-14-21)31-35-15-12-24(36-31)18-27-30(40)38-32(41)43-27/h1-12,15,18,21,34H,13-14,16-17,19-20H2,(H2,33,37)(H,38,40,41)/b27-18-. The van der Waals surface area contributed by atoms with Crippen LogP contribution in [0.2, 0.25) is 0 Å². The number of amides is 2. The van der Waals surface area contributed by atoms with Crippen LogP contribution in [-0.2, 0) is 11.3 Å². The van der Waals surface area contributed by atoms with Gasteiger partial charge in [0, 0.05) is 31.4 Å². The molecule has 2 fully saturated rings. The summed E-state index contributed by atoms with van der Waals surface area (Å²) in [5.41, 5.74) is 9.59. The lowest BCUT2D eigenvalue weighted by molar-refractivity contribution is -0.115. The summed E-state index contributed by atoms with van der Waals surface area (Å²) in [5, 5.41) is 5.52. The minimum atomic E-state index is -0.392. The number of pyridine rings is 1. The number of para-hydroxylation sites is 1. The summed E-state index contributed by atoms with van der Waals surface area (Å²) in [6.07, 6.45) is 5.32. The number of thioether (sulfide) groups is 1. The van der Waals surface area contributed by atoms with Crippen LogP contribution in [-0.4, -0.2) is 45.7 Å². The van der Waals surface area contributed by atoms with Gasteiger partial charge in [0.25, 0.3) is 11.1 Å². The first kappa shape index (κ1) is 28.4. The van der Waals surface area contributed by atoms with Crippen LogP contribution < -0.4 is 26.0 Å². The number of carbonyl (C=O) groups is 2. The summed E-state index contributed by atoms with van der Waals surface area (Å²) in [4.78, 5) is 39.5. The molecule has 11 heteroatoms. The second-order valence-corrected chi connectivity index (χ2v) is 11.4. The summed E-state index contributed by atoms with van der Waals surface area (Å²) < 4.78 is 5.93. The predicted octanol–water partition coefficient (Wildman–Crippen LogP) is 5.24. The minimum absolute atomic E-state index is 0.341. The van der Waals surface area contributed by atoms with E-state index in [0.29, 0.717) is 34.8 Å². The van der Waals surface area contributed by atoms with Gasteiger partial charge in [-0.25, -0.2) is 15.0 Å². The summed E-state index contributed by atoms with van der Waals surface area (Å²) in [6, 6.07) is 23.2. The number of piperidine rings is 1. The van der Waals surface area contributed by atoms with Crippen LogP contribution in [0, 0.1) is 5.92 Å². The number of ether oxygens (including phenoxy) is 1. The zero-order valence-corrected chi connectivity index (χ0v) is 24.2. The van der Waals surface area contributed by atoms with Crippen LogP contribution in [0.5, 0.6) is 11.5 Å². The van der Waals surface area contributed by atoms with Gasteiger partial charge in [-0.3, -0.25) is 14.9 Å². The molecule has 2 saturated heterocycles. The van der Waals surface area contributed by atoms with Gasteiger partial charge < -0.3 is 20.7 Å². The summed E-state index contributed by atoms with van der Waals surface area (Å²) in [5.74, 6) is 2.79. The lowest BCUT2D eigenvalue weighted by Crippen LogP contribution is -2.38. The first-order valence-corrected chi connectivity index (χ1v) is 14.9. The first-order valence-electron chi connectivity index (χ1n) is 14.1. The number of carbonyl (C=O) groups excluding carboxylic acids is 2. The van der Waals surface area contributed by atoms with Gasteiger partial charge in [0.05, 0.1) is 16.3 Å². The third-order valence-electron chi connectivity index (χ3n) is 7.34. The number of benzene rings is 2. The molecule has 0 unspecified atom stereocenters. The molecule has 0 atom stereocenters. The Labute approximate surface area is 253 Å². The Balaban J connectivity index is 1.02. The quantitative estimate of drug-likeness (QED) is 0.221. The second kappa shape index (κ2) is 13.1. The van der Waals surface area contributed by atoms with Gasteiger partial charge >= 0.3 is 0 Å². The van der Waals surface area contributed by atoms with E-state index in [-0.39, 0.29) is 5.24 Å². The molecule has 6 rings (SSSR count). The lowest BCUT2D eigenvalue weighted by Gasteiger charge is -2.32. The maximum Gasteiger partial charge on any atom is 0.290 e. The van der Waals surface area contributed by atoms with Gasteiger partial charge in [0.2, 0.25) is 5.95 Å². The van der Waals surface area contributed by atoms with Crippen molar-refractivity contribution in [1.82, 2.24) is 25.6 Å². The van der Waals surface area contributed by atoms with Crippen molar-refractivity contribution in [2.45, 2.75) is 19.4 Å². The number of imide groups is 1. The summed E-state index contributed by atoms with van der Waals surface area (Å²) in [7, 11) is 0. The average molecular weight is 594 g/mol. The second-order valence-electron chi connectivity index (χ2n) is 10.4. The van der Waals surface area contributed by atoms with Crippen molar-refractivity contribution in [1.29, 1.82) is 0 Å². The summed E-state index contributed by atoms with van der Waals surface area (Å²) in [6.45, 7) is 3.24. The van der Waals surface area contributed by atoms with Crippen LogP contribution in [0.4, 0.5) is 16.6 Å². The van der Waals surface area contributed by atoms with Crippen molar-refractivity contribution in [3.05, 3.63) is 95.2 Å². The molecular weight excluding hydrogens is 562 g/mol. The van der Waals surface area contributed by atoms with Crippen molar-refractivity contribution >= 4 is 40.8 Å². The third-order valence-corrected chi connectivity index (χ3v) is 8.15. The number of nitrogens with one attached hydrogen (secondary N) is 2. The van der Waals surface area contributed by atoms with E-state index in [1.54, 1.807) is 18.3 Å². The smallest absolute Gasteiger partial charge is 0.290 e. The molecular formula is C32H31N7O3S. The maximum atomic E-state index is 11.9. The number of hydrogen-bond donors (Lipinski definition) is 3. The molecule has 2 aliphatic heterocycles. The van der Waals surface area contributed by atoms with Crippen molar-refractivity contribution in [3.8, 4) is 22.8 Å². The van der Waals surface area contributed by atoms with Gasteiger partial charge in [-0.05, 0) is 97.2 Å². The fourth-order valence-electron chi connectivity index (χ4n) is 5.10. The van der Waals surface area contributed by atoms with Crippen molar-refractivity contribution in [2.75, 3.05) is 30.3 Å². The Morgan fingerprint density at radius 2 is 1.74 bits per heavy atom. The van der Waals surface area contributed by atoms with E-state index in [9.17, 15) is 9.59 Å². The Bertz CT molecular complexity index is 1640. The largest absolute Gasteiger partial charge is 0.457 e. The molecule has 2 aromatic heterocycles. The van der Waals surface area contributed by atoms with Crippen LogP contribution in [0.25, 0.3) is 17.3 Å². The van der Waals surface area contributed by atoms with Crippen LogP contribution in [0.1, 0.15) is 24.1 Å². The van der Waals surface area contributed by atoms with E-state index >= 15 is 0 Å². The molecule has 0 saturated carbocycles. The Morgan fingerprint density at radius 3 is 2.49 bits per heavy atom. The number of nitrogens with zero attached hydrogens (tertiary/aromatic N) is 4. The Kier molecular flexibility index (Phi) is 8.62. The highest BCUT2D eigenvalue weighted by Gasteiger charge is 2.26. The van der Waals surface area contributed by atoms with Crippen molar-refractivity contribution in [3.63, 3.8) is 0 Å². The van der Waals surface area contributed by atoms with Gasteiger partial charge in [-0.2, -0.15) is 0 Å². The van der Waals surface area contributed by atoms with Gasteiger partial charge in [-0.15, -0.1) is 0 Å². The average Bonchev–Trinajstić information content (AvgIpc) is 3.35. The van der Waals surface area contributed by atoms with Crippen LogP contribution >= 0.6 is 11.8 Å². The van der Waals surface area contributed by atoms with Crippen molar-refractivity contribution in [2.24, 2.45) is 5.92 Å². The third kappa shape index (κ3) is 7.19. The fraction of sp³-hybridized carbons (Fsp3) is 0.219. The molecule has 2 amide bonds.